The SMILES string of the molecule is CC(C(=O)NC1CCCCC1)N(C)C1CCN(CCn2cccn2)CC1. The van der Waals surface area contributed by atoms with Crippen molar-refractivity contribution in [3.8, 4) is 0 Å². The molecule has 1 unspecified atom stereocenters. The third-order valence-electron chi connectivity index (χ3n) is 6.28. The molecule has 2 aliphatic rings. The molecule has 2 heterocycles. The van der Waals surface area contributed by atoms with E-state index >= 15 is 0 Å². The maximum Gasteiger partial charge on any atom is 0.237 e. The van der Waals surface area contributed by atoms with Crippen molar-refractivity contribution in [1.82, 2.24) is 24.9 Å². The molecule has 26 heavy (non-hydrogen) atoms. The van der Waals surface area contributed by atoms with E-state index in [0.717, 1.165) is 51.9 Å². The molecule has 1 aliphatic heterocycles. The summed E-state index contributed by atoms with van der Waals surface area (Å²) in [5, 5.41) is 7.55. The molecule has 3 rings (SSSR count). The van der Waals surface area contributed by atoms with Gasteiger partial charge in [-0.15, -0.1) is 0 Å². The fourth-order valence-corrected chi connectivity index (χ4v) is 4.30. The smallest absolute Gasteiger partial charge is 0.237 e. The minimum absolute atomic E-state index is 0.0439. The molecular weight excluding hydrogens is 326 g/mol. The Balaban J connectivity index is 1.39. The molecule has 1 aromatic heterocycles. The van der Waals surface area contributed by atoms with Crippen LogP contribution >= 0.6 is 0 Å². The molecule has 0 aromatic carbocycles. The van der Waals surface area contributed by atoms with E-state index in [1.165, 1.54) is 19.3 Å². The number of piperidine rings is 1. The molecule has 0 radical (unpaired) electrons. The van der Waals surface area contributed by atoms with Gasteiger partial charge in [-0.05, 0) is 58.8 Å². The second kappa shape index (κ2) is 9.51. The minimum atomic E-state index is -0.0439. The molecule has 0 bridgehead atoms. The van der Waals surface area contributed by atoms with Crippen molar-refractivity contribution in [2.45, 2.75) is 76.5 Å². The van der Waals surface area contributed by atoms with Gasteiger partial charge < -0.3 is 10.2 Å². The second-order valence-electron chi connectivity index (χ2n) is 8.03. The Morgan fingerprint density at radius 2 is 1.92 bits per heavy atom. The summed E-state index contributed by atoms with van der Waals surface area (Å²) in [6.45, 7) is 6.27. The van der Waals surface area contributed by atoms with Crippen LogP contribution in [0.1, 0.15) is 51.9 Å². The first-order valence-electron chi connectivity index (χ1n) is 10.4. The van der Waals surface area contributed by atoms with Gasteiger partial charge in [-0.2, -0.15) is 5.10 Å². The zero-order valence-corrected chi connectivity index (χ0v) is 16.4. The van der Waals surface area contributed by atoms with Crippen LogP contribution in [0.4, 0.5) is 0 Å². The largest absolute Gasteiger partial charge is 0.352 e. The Hall–Kier alpha value is -1.40. The fraction of sp³-hybridized carbons (Fsp3) is 0.800. The van der Waals surface area contributed by atoms with Crippen LogP contribution in [0.3, 0.4) is 0 Å². The van der Waals surface area contributed by atoms with E-state index in [9.17, 15) is 4.79 Å². The highest BCUT2D eigenvalue weighted by Crippen LogP contribution is 2.20. The molecule has 1 N–H and O–H groups in total. The van der Waals surface area contributed by atoms with Crippen LogP contribution in [0.25, 0.3) is 0 Å². The highest BCUT2D eigenvalue weighted by Gasteiger charge is 2.29. The van der Waals surface area contributed by atoms with Gasteiger partial charge in [0.15, 0.2) is 0 Å². The van der Waals surface area contributed by atoms with Gasteiger partial charge in [0.2, 0.25) is 5.91 Å². The fourth-order valence-electron chi connectivity index (χ4n) is 4.30. The van der Waals surface area contributed by atoms with Gasteiger partial charge in [0.1, 0.15) is 0 Å². The predicted octanol–water partition coefficient (Wildman–Crippen LogP) is 2.12. The molecule has 1 saturated carbocycles. The van der Waals surface area contributed by atoms with Crippen molar-refractivity contribution < 1.29 is 4.79 Å². The molecule has 6 nitrogen and oxygen atoms in total. The lowest BCUT2D eigenvalue weighted by atomic mass is 9.95. The van der Waals surface area contributed by atoms with Crippen LogP contribution in [0, 0.1) is 0 Å². The summed E-state index contributed by atoms with van der Waals surface area (Å²) < 4.78 is 2.00. The third-order valence-corrected chi connectivity index (χ3v) is 6.28. The number of carbonyl (C=O) groups excluding carboxylic acids is 1. The molecule has 1 aromatic rings. The number of carbonyl (C=O) groups is 1. The van der Waals surface area contributed by atoms with E-state index in [1.807, 2.05) is 23.1 Å². The summed E-state index contributed by atoms with van der Waals surface area (Å²) in [6, 6.07) is 2.83. The highest BCUT2D eigenvalue weighted by atomic mass is 16.2. The normalized spacial score (nSPS) is 21.8. The molecular formula is C20H35N5O. The second-order valence-corrected chi connectivity index (χ2v) is 8.03. The lowest BCUT2D eigenvalue weighted by molar-refractivity contribution is -0.127. The molecule has 0 spiro atoms. The van der Waals surface area contributed by atoms with Gasteiger partial charge in [-0.3, -0.25) is 14.4 Å². The van der Waals surface area contributed by atoms with Crippen molar-refractivity contribution in [1.29, 1.82) is 0 Å². The number of amides is 1. The summed E-state index contributed by atoms with van der Waals surface area (Å²) >= 11 is 0. The van der Waals surface area contributed by atoms with Gasteiger partial charge in [-0.25, -0.2) is 0 Å². The first kappa shape index (κ1) is 19.4. The van der Waals surface area contributed by atoms with Crippen LogP contribution in [0.5, 0.6) is 0 Å². The standard InChI is InChI=1S/C20H35N5O/c1-17(20(26)22-18-7-4-3-5-8-18)23(2)19-9-13-24(14-10-19)15-16-25-12-6-11-21-25/h6,11-12,17-19H,3-5,7-10,13-16H2,1-2H3,(H,22,26). The van der Waals surface area contributed by atoms with Gasteiger partial charge >= 0.3 is 0 Å². The summed E-state index contributed by atoms with van der Waals surface area (Å²) in [6.07, 6.45) is 12.3. The maximum absolute atomic E-state index is 12.6. The van der Waals surface area contributed by atoms with Gasteiger partial charge in [0.05, 0.1) is 12.6 Å². The third kappa shape index (κ3) is 5.30. The summed E-state index contributed by atoms with van der Waals surface area (Å²) in [7, 11) is 2.12. The predicted molar refractivity (Wildman–Crippen MR) is 104 cm³/mol. The average molecular weight is 362 g/mol. The molecule has 1 atom stereocenters. The van der Waals surface area contributed by atoms with Crippen molar-refractivity contribution in [2.24, 2.45) is 0 Å². The Morgan fingerprint density at radius 1 is 1.19 bits per heavy atom. The number of aromatic nitrogens is 2. The Kier molecular flexibility index (Phi) is 7.08. The van der Waals surface area contributed by atoms with Crippen LogP contribution in [-0.2, 0) is 11.3 Å². The van der Waals surface area contributed by atoms with E-state index in [2.05, 4.69) is 34.2 Å². The van der Waals surface area contributed by atoms with Crippen molar-refractivity contribution in [2.75, 3.05) is 26.7 Å². The van der Waals surface area contributed by atoms with Gasteiger partial charge in [0, 0.05) is 31.0 Å². The van der Waals surface area contributed by atoms with E-state index < -0.39 is 0 Å². The molecule has 2 fully saturated rings. The number of likely N-dealkylation sites (tertiary alicyclic amines) is 1. The average Bonchev–Trinajstić information content (AvgIpc) is 3.20. The van der Waals surface area contributed by atoms with Crippen molar-refractivity contribution in [3.63, 3.8) is 0 Å². The topological polar surface area (TPSA) is 53.4 Å². The lowest BCUT2D eigenvalue weighted by Gasteiger charge is -2.39. The summed E-state index contributed by atoms with van der Waals surface area (Å²) in [4.78, 5) is 17.4. The Morgan fingerprint density at radius 3 is 2.58 bits per heavy atom. The molecule has 1 aliphatic carbocycles. The Bertz CT molecular complexity index is 532. The monoisotopic (exact) mass is 361 g/mol. The Labute approximate surface area is 157 Å². The van der Waals surface area contributed by atoms with E-state index in [4.69, 9.17) is 0 Å². The first-order chi connectivity index (χ1) is 12.6. The van der Waals surface area contributed by atoms with Crippen molar-refractivity contribution in [3.05, 3.63) is 18.5 Å². The number of hydrogen-bond acceptors (Lipinski definition) is 4. The van der Waals surface area contributed by atoms with Crippen molar-refractivity contribution >= 4 is 5.91 Å². The minimum Gasteiger partial charge on any atom is -0.352 e. The van der Waals surface area contributed by atoms with Crippen LogP contribution in [0.2, 0.25) is 0 Å². The number of hydrogen-bond donors (Lipinski definition) is 1. The van der Waals surface area contributed by atoms with E-state index in [0.29, 0.717) is 12.1 Å². The zero-order chi connectivity index (χ0) is 18.4. The summed E-state index contributed by atoms with van der Waals surface area (Å²) in [5.41, 5.74) is 0. The molecule has 1 amide bonds. The first-order valence-corrected chi connectivity index (χ1v) is 10.4. The zero-order valence-electron chi connectivity index (χ0n) is 16.4. The number of rotatable bonds is 7. The number of nitrogens with zero attached hydrogens (tertiary/aromatic N) is 4. The lowest BCUT2D eigenvalue weighted by Crippen LogP contribution is -2.53. The summed E-state index contributed by atoms with van der Waals surface area (Å²) in [5.74, 6) is 0.209. The van der Waals surface area contributed by atoms with Crippen LogP contribution < -0.4 is 5.32 Å². The molecule has 1 saturated heterocycles. The maximum atomic E-state index is 12.6. The quantitative estimate of drug-likeness (QED) is 0.808. The van der Waals surface area contributed by atoms with Crippen LogP contribution in [0.15, 0.2) is 18.5 Å². The van der Waals surface area contributed by atoms with Gasteiger partial charge in [-0.1, -0.05) is 19.3 Å². The van der Waals surface area contributed by atoms with E-state index in [1.54, 1.807) is 0 Å². The molecule has 6 heteroatoms. The van der Waals surface area contributed by atoms with E-state index in [-0.39, 0.29) is 11.9 Å². The van der Waals surface area contributed by atoms with Crippen LogP contribution in [-0.4, -0.2) is 70.3 Å². The number of nitrogens with one attached hydrogen (secondary N) is 1. The van der Waals surface area contributed by atoms with Gasteiger partial charge in [0.25, 0.3) is 0 Å². The molecule has 146 valence electrons. The highest BCUT2D eigenvalue weighted by molar-refractivity contribution is 5.81. The number of likely N-dealkylation sites (N-methyl/N-ethyl adjacent to an activating group) is 1.